The van der Waals surface area contributed by atoms with Crippen molar-refractivity contribution < 1.29 is 4.74 Å². The summed E-state index contributed by atoms with van der Waals surface area (Å²) in [6, 6.07) is 7.26. The summed E-state index contributed by atoms with van der Waals surface area (Å²) < 4.78 is 5.37. The molecule has 1 rings (SSSR count). The molecule has 0 atom stereocenters. The summed E-state index contributed by atoms with van der Waals surface area (Å²) in [7, 11) is 0. The van der Waals surface area contributed by atoms with E-state index in [4.69, 9.17) is 15.5 Å². The Kier molecular flexibility index (Phi) is 4.02. The predicted octanol–water partition coefficient (Wildman–Crippen LogP) is 2.56. The van der Waals surface area contributed by atoms with E-state index in [9.17, 15) is 0 Å². The van der Waals surface area contributed by atoms with Gasteiger partial charge in [0, 0.05) is 4.91 Å². The summed E-state index contributed by atoms with van der Waals surface area (Å²) >= 11 is 0. The van der Waals surface area contributed by atoms with Crippen LogP contribution in [0.15, 0.2) is 23.3 Å². The topological polar surface area (TPSA) is 81.8 Å². The number of aryl methyl sites for hydroxylation is 1. The molecule has 0 aliphatic carbocycles. The summed E-state index contributed by atoms with van der Waals surface area (Å²) in [4.78, 5) is 2.62. The van der Waals surface area contributed by atoms with E-state index in [1.807, 2.05) is 19.1 Å². The Morgan fingerprint density at radius 3 is 3.07 bits per heavy atom. The molecular formula is C10H10N4O. The summed E-state index contributed by atoms with van der Waals surface area (Å²) in [5, 5.41) is 12.0. The molecule has 1 aromatic carbocycles. The first kappa shape index (κ1) is 10.9. The number of rotatable bonds is 4. The molecule has 0 radical (unpaired) electrons. The van der Waals surface area contributed by atoms with E-state index in [2.05, 4.69) is 10.0 Å². The van der Waals surface area contributed by atoms with Gasteiger partial charge in [-0.05, 0) is 30.2 Å². The van der Waals surface area contributed by atoms with Crippen molar-refractivity contribution in [2.75, 3.05) is 13.2 Å². The Morgan fingerprint density at radius 2 is 2.40 bits per heavy atom. The van der Waals surface area contributed by atoms with Crippen LogP contribution in [0.25, 0.3) is 10.4 Å². The smallest absolute Gasteiger partial charge is 0.123 e. The highest BCUT2D eigenvalue weighted by atomic mass is 16.5. The number of ether oxygens (including phenoxy) is 1. The number of nitriles is 1. The minimum absolute atomic E-state index is 0.284. The van der Waals surface area contributed by atoms with Gasteiger partial charge in [-0.3, -0.25) is 0 Å². The molecule has 0 saturated heterocycles. The zero-order valence-corrected chi connectivity index (χ0v) is 8.34. The zero-order chi connectivity index (χ0) is 11.1. The summed E-state index contributed by atoms with van der Waals surface area (Å²) in [5.74, 6) is 0.655. The lowest BCUT2D eigenvalue weighted by Gasteiger charge is -2.07. The molecule has 0 saturated carbocycles. The number of azide groups is 1. The van der Waals surface area contributed by atoms with Crippen LogP contribution in [0.3, 0.4) is 0 Å². The highest BCUT2D eigenvalue weighted by Gasteiger charge is 2.00. The van der Waals surface area contributed by atoms with Crippen molar-refractivity contribution in [1.29, 1.82) is 5.26 Å². The minimum Gasteiger partial charge on any atom is -0.493 e. The first-order valence-corrected chi connectivity index (χ1v) is 4.42. The number of benzene rings is 1. The van der Waals surface area contributed by atoms with Gasteiger partial charge in [0.2, 0.25) is 0 Å². The monoisotopic (exact) mass is 202 g/mol. The minimum atomic E-state index is 0.284. The van der Waals surface area contributed by atoms with Gasteiger partial charge >= 0.3 is 0 Å². The average Bonchev–Trinajstić information content (AvgIpc) is 2.26. The van der Waals surface area contributed by atoms with E-state index in [1.54, 1.807) is 12.1 Å². The number of hydrogen-bond donors (Lipinski definition) is 0. The first-order chi connectivity index (χ1) is 7.27. The summed E-state index contributed by atoms with van der Waals surface area (Å²) in [6.07, 6.45) is 0. The zero-order valence-electron chi connectivity index (χ0n) is 8.34. The second-order valence-electron chi connectivity index (χ2n) is 2.90. The van der Waals surface area contributed by atoms with Crippen molar-refractivity contribution in [2.24, 2.45) is 5.11 Å². The third kappa shape index (κ3) is 3.22. The van der Waals surface area contributed by atoms with E-state index in [0.717, 1.165) is 5.56 Å². The largest absolute Gasteiger partial charge is 0.493 e. The van der Waals surface area contributed by atoms with Gasteiger partial charge in [0.25, 0.3) is 0 Å². The molecule has 76 valence electrons. The third-order valence-corrected chi connectivity index (χ3v) is 1.83. The maximum absolute atomic E-state index is 8.69. The van der Waals surface area contributed by atoms with Crippen LogP contribution in [0.5, 0.6) is 5.75 Å². The molecule has 5 nitrogen and oxygen atoms in total. The molecular weight excluding hydrogens is 192 g/mol. The van der Waals surface area contributed by atoms with E-state index in [0.29, 0.717) is 17.9 Å². The van der Waals surface area contributed by atoms with Gasteiger partial charge in [0.15, 0.2) is 0 Å². The average molecular weight is 202 g/mol. The quantitative estimate of drug-likeness (QED) is 0.325. The standard InChI is InChI=1S/C10H10N4O/c1-8-2-3-9(7-11)6-10(8)15-5-4-13-14-12/h2-3,6H,4-5H2,1H3. The molecule has 0 aliphatic rings. The fourth-order valence-electron chi connectivity index (χ4n) is 1.07. The van der Waals surface area contributed by atoms with Crippen molar-refractivity contribution in [1.82, 2.24) is 0 Å². The van der Waals surface area contributed by atoms with Gasteiger partial charge in [-0.1, -0.05) is 11.2 Å². The second kappa shape index (κ2) is 5.53. The molecule has 1 aromatic rings. The molecule has 5 heteroatoms. The van der Waals surface area contributed by atoms with Crippen molar-refractivity contribution in [3.8, 4) is 11.8 Å². The lowest BCUT2D eigenvalue weighted by molar-refractivity contribution is 0.326. The Hall–Kier alpha value is -2.18. The van der Waals surface area contributed by atoms with Crippen LogP contribution in [-0.2, 0) is 0 Å². The molecule has 0 fully saturated rings. The van der Waals surface area contributed by atoms with Gasteiger partial charge < -0.3 is 4.74 Å². The molecule has 0 spiro atoms. The second-order valence-corrected chi connectivity index (χ2v) is 2.90. The fourth-order valence-corrected chi connectivity index (χ4v) is 1.07. The third-order valence-electron chi connectivity index (χ3n) is 1.83. The van der Waals surface area contributed by atoms with E-state index in [-0.39, 0.29) is 6.54 Å². The fraction of sp³-hybridized carbons (Fsp3) is 0.300. The van der Waals surface area contributed by atoms with E-state index < -0.39 is 0 Å². The van der Waals surface area contributed by atoms with Crippen LogP contribution >= 0.6 is 0 Å². The van der Waals surface area contributed by atoms with Gasteiger partial charge in [-0.15, -0.1) is 0 Å². The summed E-state index contributed by atoms with van der Waals surface area (Å²) in [5.41, 5.74) is 9.57. The molecule has 0 aliphatic heterocycles. The molecule has 0 bridgehead atoms. The van der Waals surface area contributed by atoms with Crippen LogP contribution in [0.1, 0.15) is 11.1 Å². The molecule has 0 heterocycles. The number of nitrogens with zero attached hydrogens (tertiary/aromatic N) is 4. The van der Waals surface area contributed by atoms with Gasteiger partial charge in [0.05, 0.1) is 24.8 Å². The molecule has 0 unspecified atom stereocenters. The van der Waals surface area contributed by atoms with Crippen molar-refractivity contribution in [3.05, 3.63) is 39.8 Å². The number of hydrogen-bond acceptors (Lipinski definition) is 3. The highest BCUT2D eigenvalue weighted by Crippen LogP contribution is 2.18. The predicted molar refractivity (Wildman–Crippen MR) is 55.4 cm³/mol. The molecule has 0 N–H and O–H groups in total. The van der Waals surface area contributed by atoms with Crippen molar-refractivity contribution in [3.63, 3.8) is 0 Å². The maximum atomic E-state index is 8.69. The highest BCUT2D eigenvalue weighted by molar-refractivity contribution is 5.41. The Balaban J connectivity index is 2.67. The van der Waals surface area contributed by atoms with Crippen molar-refractivity contribution in [2.45, 2.75) is 6.92 Å². The Morgan fingerprint density at radius 1 is 1.60 bits per heavy atom. The molecule has 15 heavy (non-hydrogen) atoms. The molecule has 0 aromatic heterocycles. The van der Waals surface area contributed by atoms with E-state index >= 15 is 0 Å². The normalized spacial score (nSPS) is 8.80. The van der Waals surface area contributed by atoms with Crippen LogP contribution in [0, 0.1) is 18.3 Å². The maximum Gasteiger partial charge on any atom is 0.123 e. The van der Waals surface area contributed by atoms with Gasteiger partial charge in [0.1, 0.15) is 5.75 Å². The lowest BCUT2D eigenvalue weighted by atomic mass is 10.1. The molecule has 0 amide bonds. The van der Waals surface area contributed by atoms with E-state index in [1.165, 1.54) is 0 Å². The van der Waals surface area contributed by atoms with Gasteiger partial charge in [-0.2, -0.15) is 5.26 Å². The SMILES string of the molecule is Cc1ccc(C#N)cc1OCCN=[N+]=[N-]. The van der Waals surface area contributed by atoms with Crippen molar-refractivity contribution >= 4 is 0 Å². The lowest BCUT2D eigenvalue weighted by Crippen LogP contribution is -2.01. The van der Waals surface area contributed by atoms with Crippen LogP contribution in [0.4, 0.5) is 0 Å². The first-order valence-electron chi connectivity index (χ1n) is 4.42. The summed E-state index contributed by atoms with van der Waals surface area (Å²) in [6.45, 7) is 2.50. The van der Waals surface area contributed by atoms with Gasteiger partial charge in [-0.25, -0.2) is 0 Å². The Labute approximate surface area is 87.5 Å². The van der Waals surface area contributed by atoms with Crippen LogP contribution < -0.4 is 4.74 Å². The Bertz CT molecular complexity index is 430. The van der Waals surface area contributed by atoms with Crippen LogP contribution in [0.2, 0.25) is 0 Å². The van der Waals surface area contributed by atoms with Crippen LogP contribution in [-0.4, -0.2) is 13.2 Å².